The number of rotatable bonds is 2. The first-order chi connectivity index (χ1) is 9.13. The number of hydrogen-bond acceptors (Lipinski definition) is 4. The molecule has 0 aliphatic carbocycles. The van der Waals surface area contributed by atoms with Crippen LogP contribution in [0.1, 0.15) is 16.8 Å². The fourth-order valence-corrected chi connectivity index (χ4v) is 1.63. The van der Waals surface area contributed by atoms with E-state index in [2.05, 4.69) is 5.16 Å². The molecule has 4 nitrogen and oxygen atoms in total. The van der Waals surface area contributed by atoms with Gasteiger partial charge in [0.2, 0.25) is 0 Å². The lowest BCUT2D eigenvalue weighted by molar-refractivity contribution is 0.430. The topological polar surface area (TPSA) is 73.6 Å². The SMILES string of the molecule is Cc1ccc(-c2cc(C=C(C#N)C#N)no2)cc1C. The van der Waals surface area contributed by atoms with E-state index in [1.807, 2.05) is 32.0 Å². The molecule has 2 aromatic rings. The summed E-state index contributed by atoms with van der Waals surface area (Å²) in [5.41, 5.74) is 3.76. The number of nitriles is 2. The van der Waals surface area contributed by atoms with Gasteiger partial charge in [-0.05, 0) is 37.1 Å². The summed E-state index contributed by atoms with van der Waals surface area (Å²) in [7, 11) is 0. The Hall–Kier alpha value is -2.85. The summed E-state index contributed by atoms with van der Waals surface area (Å²) in [6.07, 6.45) is 1.40. The van der Waals surface area contributed by atoms with Gasteiger partial charge < -0.3 is 4.52 Å². The van der Waals surface area contributed by atoms with Crippen LogP contribution in [0.5, 0.6) is 0 Å². The molecule has 0 saturated heterocycles. The molecule has 1 aromatic heterocycles. The number of hydrogen-bond donors (Lipinski definition) is 0. The largest absolute Gasteiger partial charge is 0.356 e. The minimum absolute atomic E-state index is 0.0000586. The monoisotopic (exact) mass is 249 g/mol. The van der Waals surface area contributed by atoms with Gasteiger partial charge >= 0.3 is 0 Å². The molecule has 0 amide bonds. The molecule has 0 spiro atoms. The minimum Gasteiger partial charge on any atom is -0.356 e. The lowest BCUT2D eigenvalue weighted by Gasteiger charge is -2.01. The van der Waals surface area contributed by atoms with E-state index in [1.165, 1.54) is 17.2 Å². The summed E-state index contributed by atoms with van der Waals surface area (Å²) < 4.78 is 5.22. The number of nitrogens with zero attached hydrogens (tertiary/aromatic N) is 3. The smallest absolute Gasteiger partial charge is 0.167 e. The van der Waals surface area contributed by atoms with Gasteiger partial charge in [-0.1, -0.05) is 17.3 Å². The summed E-state index contributed by atoms with van der Waals surface area (Å²) in [5, 5.41) is 21.2. The van der Waals surface area contributed by atoms with Crippen molar-refractivity contribution < 1.29 is 4.52 Å². The van der Waals surface area contributed by atoms with E-state index in [-0.39, 0.29) is 5.57 Å². The van der Waals surface area contributed by atoms with Gasteiger partial charge in [-0.2, -0.15) is 10.5 Å². The highest BCUT2D eigenvalue weighted by Crippen LogP contribution is 2.23. The molecule has 0 atom stereocenters. The maximum absolute atomic E-state index is 8.68. The van der Waals surface area contributed by atoms with Gasteiger partial charge in [-0.25, -0.2) is 0 Å². The highest BCUT2D eigenvalue weighted by Gasteiger charge is 2.07. The zero-order chi connectivity index (χ0) is 13.8. The highest BCUT2D eigenvalue weighted by atomic mass is 16.5. The average Bonchev–Trinajstić information content (AvgIpc) is 2.87. The summed E-state index contributed by atoms with van der Waals surface area (Å²) in [5.74, 6) is 0.615. The van der Waals surface area contributed by atoms with Crippen molar-refractivity contribution in [3.8, 4) is 23.5 Å². The van der Waals surface area contributed by atoms with Crippen molar-refractivity contribution in [2.24, 2.45) is 0 Å². The van der Waals surface area contributed by atoms with E-state index < -0.39 is 0 Å². The Morgan fingerprint density at radius 3 is 2.53 bits per heavy atom. The second-order valence-corrected chi connectivity index (χ2v) is 4.20. The second kappa shape index (κ2) is 5.20. The first-order valence-corrected chi connectivity index (χ1v) is 5.70. The first kappa shape index (κ1) is 12.6. The summed E-state index contributed by atoms with van der Waals surface area (Å²) in [6.45, 7) is 4.07. The van der Waals surface area contributed by atoms with Crippen LogP contribution in [0.25, 0.3) is 17.4 Å². The minimum atomic E-state index is -0.0000586. The Kier molecular flexibility index (Phi) is 3.45. The van der Waals surface area contributed by atoms with Gasteiger partial charge in [-0.3, -0.25) is 0 Å². The predicted molar refractivity (Wildman–Crippen MR) is 70.6 cm³/mol. The molecule has 1 aromatic carbocycles. The standard InChI is InChI=1S/C15H11N3O/c1-10-3-4-13(5-11(10)2)15-7-14(18-19-15)6-12(8-16)9-17/h3-7H,1-2H3. The van der Waals surface area contributed by atoms with Crippen molar-refractivity contribution in [2.45, 2.75) is 13.8 Å². The van der Waals surface area contributed by atoms with Gasteiger partial charge in [0.1, 0.15) is 23.4 Å². The van der Waals surface area contributed by atoms with Crippen molar-refractivity contribution in [3.63, 3.8) is 0 Å². The molecule has 0 N–H and O–H groups in total. The van der Waals surface area contributed by atoms with E-state index >= 15 is 0 Å². The van der Waals surface area contributed by atoms with E-state index in [4.69, 9.17) is 15.0 Å². The third-order valence-electron chi connectivity index (χ3n) is 2.85. The number of aryl methyl sites for hydroxylation is 2. The normalized spacial score (nSPS) is 9.47. The van der Waals surface area contributed by atoms with Crippen LogP contribution in [0.3, 0.4) is 0 Å². The molecule has 1 heterocycles. The van der Waals surface area contributed by atoms with Crippen molar-refractivity contribution in [1.82, 2.24) is 5.16 Å². The van der Waals surface area contributed by atoms with Crippen molar-refractivity contribution in [2.75, 3.05) is 0 Å². The molecule has 0 aliphatic rings. The fraction of sp³-hybridized carbons (Fsp3) is 0.133. The molecular formula is C15H11N3O. The van der Waals surface area contributed by atoms with E-state index in [1.54, 1.807) is 18.2 Å². The summed E-state index contributed by atoms with van der Waals surface area (Å²) >= 11 is 0. The van der Waals surface area contributed by atoms with Gasteiger partial charge in [-0.15, -0.1) is 0 Å². The number of benzene rings is 1. The third-order valence-corrected chi connectivity index (χ3v) is 2.85. The molecule has 0 bridgehead atoms. The Morgan fingerprint density at radius 1 is 1.16 bits per heavy atom. The quantitative estimate of drug-likeness (QED) is 0.764. The van der Waals surface area contributed by atoms with Gasteiger partial charge in [0.25, 0.3) is 0 Å². The van der Waals surface area contributed by atoms with Crippen LogP contribution in [0.4, 0.5) is 0 Å². The maximum Gasteiger partial charge on any atom is 0.167 e. The van der Waals surface area contributed by atoms with Crippen LogP contribution in [0.2, 0.25) is 0 Å². The van der Waals surface area contributed by atoms with Crippen molar-refractivity contribution in [3.05, 3.63) is 46.7 Å². The molecule has 4 heteroatoms. The van der Waals surface area contributed by atoms with E-state index in [9.17, 15) is 0 Å². The molecule has 0 radical (unpaired) electrons. The molecule has 0 fully saturated rings. The first-order valence-electron chi connectivity index (χ1n) is 5.70. The fourth-order valence-electron chi connectivity index (χ4n) is 1.63. The number of aromatic nitrogens is 1. The number of allylic oxidation sites excluding steroid dienone is 1. The Balaban J connectivity index is 2.37. The summed E-state index contributed by atoms with van der Waals surface area (Å²) in [4.78, 5) is 0. The van der Waals surface area contributed by atoms with Crippen LogP contribution >= 0.6 is 0 Å². The highest BCUT2D eigenvalue weighted by molar-refractivity contribution is 5.65. The van der Waals surface area contributed by atoms with E-state index in [0.717, 1.165) is 5.56 Å². The molecule has 2 rings (SSSR count). The lowest BCUT2D eigenvalue weighted by atomic mass is 10.0. The van der Waals surface area contributed by atoms with Crippen LogP contribution in [0.15, 0.2) is 34.4 Å². The third kappa shape index (κ3) is 2.70. The molecule has 92 valence electrons. The Labute approximate surface area is 111 Å². The van der Waals surface area contributed by atoms with Gasteiger partial charge in [0.15, 0.2) is 5.76 Å². The van der Waals surface area contributed by atoms with Crippen LogP contribution in [-0.4, -0.2) is 5.16 Å². The molecular weight excluding hydrogens is 238 g/mol. The van der Waals surface area contributed by atoms with Crippen molar-refractivity contribution in [1.29, 1.82) is 10.5 Å². The molecule has 0 aliphatic heterocycles. The van der Waals surface area contributed by atoms with Crippen LogP contribution in [-0.2, 0) is 0 Å². The maximum atomic E-state index is 8.68. The van der Waals surface area contributed by atoms with Crippen LogP contribution < -0.4 is 0 Å². The second-order valence-electron chi connectivity index (χ2n) is 4.20. The van der Waals surface area contributed by atoms with Crippen LogP contribution in [0, 0.1) is 36.5 Å². The van der Waals surface area contributed by atoms with Gasteiger partial charge in [0, 0.05) is 11.6 Å². The van der Waals surface area contributed by atoms with E-state index in [0.29, 0.717) is 11.5 Å². The van der Waals surface area contributed by atoms with Gasteiger partial charge in [0.05, 0.1) is 0 Å². The van der Waals surface area contributed by atoms with Crippen molar-refractivity contribution >= 4 is 6.08 Å². The summed E-state index contributed by atoms with van der Waals surface area (Å²) in [6, 6.07) is 11.3. The molecule has 0 unspecified atom stereocenters. The Bertz CT molecular complexity index is 711. The zero-order valence-corrected chi connectivity index (χ0v) is 10.6. The molecule has 19 heavy (non-hydrogen) atoms. The average molecular weight is 249 g/mol. The zero-order valence-electron chi connectivity index (χ0n) is 10.6. The Morgan fingerprint density at radius 2 is 1.89 bits per heavy atom. The lowest BCUT2D eigenvalue weighted by Crippen LogP contribution is -1.81. The molecule has 0 saturated carbocycles. The predicted octanol–water partition coefficient (Wildman–Crippen LogP) is 3.39.